The molecule has 1 atom stereocenters. The SMILES string of the molecule is OCC1CCCN(Cc2cc(Cl)ccc2OC(F)F)C1. The molecular weight excluding hydrogens is 288 g/mol. The summed E-state index contributed by atoms with van der Waals surface area (Å²) in [7, 11) is 0. The van der Waals surface area contributed by atoms with Crippen LogP contribution < -0.4 is 4.74 Å². The molecule has 0 saturated carbocycles. The van der Waals surface area contributed by atoms with Gasteiger partial charge in [0.1, 0.15) is 5.75 Å². The van der Waals surface area contributed by atoms with Crippen molar-refractivity contribution in [2.24, 2.45) is 5.92 Å². The number of rotatable bonds is 5. The highest BCUT2D eigenvalue weighted by Crippen LogP contribution is 2.27. The van der Waals surface area contributed by atoms with Crippen LogP contribution in [0.25, 0.3) is 0 Å². The number of piperidine rings is 1. The van der Waals surface area contributed by atoms with Gasteiger partial charge in [-0.25, -0.2) is 0 Å². The van der Waals surface area contributed by atoms with E-state index in [4.69, 9.17) is 11.6 Å². The lowest BCUT2D eigenvalue weighted by atomic mass is 9.98. The van der Waals surface area contributed by atoms with Crippen molar-refractivity contribution < 1.29 is 18.6 Å². The van der Waals surface area contributed by atoms with Crippen LogP contribution in [-0.4, -0.2) is 36.3 Å². The molecule has 1 heterocycles. The molecule has 1 aliphatic rings. The fourth-order valence-corrected chi connectivity index (χ4v) is 2.76. The molecule has 20 heavy (non-hydrogen) atoms. The van der Waals surface area contributed by atoms with Crippen molar-refractivity contribution in [3.05, 3.63) is 28.8 Å². The Morgan fingerprint density at radius 1 is 1.45 bits per heavy atom. The first-order valence-corrected chi connectivity index (χ1v) is 7.02. The molecule has 2 rings (SSSR count). The quantitative estimate of drug-likeness (QED) is 0.907. The Labute approximate surface area is 122 Å². The van der Waals surface area contributed by atoms with Gasteiger partial charge in [-0.3, -0.25) is 4.90 Å². The maximum absolute atomic E-state index is 12.4. The molecule has 0 amide bonds. The summed E-state index contributed by atoms with van der Waals surface area (Å²) in [6.45, 7) is -0.540. The van der Waals surface area contributed by atoms with E-state index in [2.05, 4.69) is 9.64 Å². The monoisotopic (exact) mass is 305 g/mol. The van der Waals surface area contributed by atoms with Gasteiger partial charge in [-0.15, -0.1) is 0 Å². The normalized spacial score (nSPS) is 20.4. The van der Waals surface area contributed by atoms with Crippen molar-refractivity contribution in [1.82, 2.24) is 4.90 Å². The first kappa shape index (κ1) is 15.5. The summed E-state index contributed by atoms with van der Waals surface area (Å²) in [4.78, 5) is 2.13. The topological polar surface area (TPSA) is 32.7 Å². The van der Waals surface area contributed by atoms with Gasteiger partial charge in [0.15, 0.2) is 0 Å². The summed E-state index contributed by atoms with van der Waals surface area (Å²) in [6, 6.07) is 4.66. The molecule has 0 radical (unpaired) electrons. The third-order valence-corrected chi connectivity index (χ3v) is 3.73. The van der Waals surface area contributed by atoms with Gasteiger partial charge in [0.05, 0.1) is 0 Å². The van der Waals surface area contributed by atoms with Crippen molar-refractivity contribution in [2.75, 3.05) is 19.7 Å². The van der Waals surface area contributed by atoms with Crippen LogP contribution >= 0.6 is 11.6 Å². The van der Waals surface area contributed by atoms with Gasteiger partial charge in [0.25, 0.3) is 0 Å². The Morgan fingerprint density at radius 2 is 2.25 bits per heavy atom. The number of halogens is 3. The number of nitrogens with zero attached hydrogens (tertiary/aromatic N) is 1. The number of hydrogen-bond donors (Lipinski definition) is 1. The molecule has 1 aromatic rings. The zero-order chi connectivity index (χ0) is 14.5. The van der Waals surface area contributed by atoms with Crippen LogP contribution in [-0.2, 0) is 6.54 Å². The molecule has 112 valence electrons. The average molecular weight is 306 g/mol. The minimum Gasteiger partial charge on any atom is -0.434 e. The van der Waals surface area contributed by atoms with E-state index in [1.807, 2.05) is 0 Å². The van der Waals surface area contributed by atoms with Crippen molar-refractivity contribution in [3.63, 3.8) is 0 Å². The largest absolute Gasteiger partial charge is 0.434 e. The van der Waals surface area contributed by atoms with Crippen LogP contribution in [0.3, 0.4) is 0 Å². The molecule has 6 heteroatoms. The third kappa shape index (κ3) is 4.30. The molecule has 1 aliphatic heterocycles. The predicted octanol–water partition coefficient (Wildman–Crippen LogP) is 3.15. The second-order valence-corrected chi connectivity index (χ2v) is 5.49. The van der Waals surface area contributed by atoms with Crippen LogP contribution in [0.2, 0.25) is 5.02 Å². The van der Waals surface area contributed by atoms with E-state index in [0.29, 0.717) is 17.1 Å². The molecule has 0 bridgehead atoms. The number of benzene rings is 1. The summed E-state index contributed by atoms with van der Waals surface area (Å²) < 4.78 is 29.3. The number of aliphatic hydroxyl groups is 1. The van der Waals surface area contributed by atoms with Gasteiger partial charge in [-0.1, -0.05) is 11.6 Å². The number of likely N-dealkylation sites (tertiary alicyclic amines) is 1. The highest BCUT2D eigenvalue weighted by Gasteiger charge is 2.21. The number of alkyl halides is 2. The molecule has 1 aromatic carbocycles. The smallest absolute Gasteiger partial charge is 0.387 e. The second kappa shape index (κ2) is 7.20. The lowest BCUT2D eigenvalue weighted by Crippen LogP contribution is -2.36. The molecule has 0 aromatic heterocycles. The molecular formula is C14H18ClF2NO2. The first-order valence-electron chi connectivity index (χ1n) is 6.65. The third-order valence-electron chi connectivity index (χ3n) is 3.49. The van der Waals surface area contributed by atoms with Gasteiger partial charge in [0, 0.05) is 30.3 Å². The van der Waals surface area contributed by atoms with Gasteiger partial charge < -0.3 is 9.84 Å². The zero-order valence-corrected chi connectivity index (χ0v) is 11.8. The molecule has 0 aliphatic carbocycles. The summed E-state index contributed by atoms with van der Waals surface area (Å²) in [5.41, 5.74) is 0.649. The summed E-state index contributed by atoms with van der Waals surface area (Å²) in [5, 5.41) is 9.72. The maximum atomic E-state index is 12.4. The molecule has 3 nitrogen and oxygen atoms in total. The Bertz CT molecular complexity index is 445. The Kier molecular flexibility index (Phi) is 5.57. The van der Waals surface area contributed by atoms with Crippen molar-refractivity contribution in [3.8, 4) is 5.75 Å². The van der Waals surface area contributed by atoms with E-state index in [-0.39, 0.29) is 18.3 Å². The molecule has 1 unspecified atom stereocenters. The minimum atomic E-state index is -2.85. The van der Waals surface area contributed by atoms with E-state index in [0.717, 1.165) is 25.9 Å². The lowest BCUT2D eigenvalue weighted by Gasteiger charge is -2.32. The van der Waals surface area contributed by atoms with Crippen LogP contribution in [0.15, 0.2) is 18.2 Å². The van der Waals surface area contributed by atoms with E-state index in [9.17, 15) is 13.9 Å². The summed E-state index contributed by atoms with van der Waals surface area (Å²) >= 11 is 5.93. The first-order chi connectivity index (χ1) is 9.58. The summed E-state index contributed by atoms with van der Waals surface area (Å²) in [6.07, 6.45) is 2.00. The fourth-order valence-electron chi connectivity index (χ4n) is 2.57. The van der Waals surface area contributed by atoms with Crippen molar-refractivity contribution in [2.45, 2.75) is 26.0 Å². The van der Waals surface area contributed by atoms with Gasteiger partial charge in [0.2, 0.25) is 0 Å². The van der Waals surface area contributed by atoms with Crippen LogP contribution in [0.1, 0.15) is 18.4 Å². The van der Waals surface area contributed by atoms with Crippen molar-refractivity contribution in [1.29, 1.82) is 0 Å². The van der Waals surface area contributed by atoms with Crippen molar-refractivity contribution >= 4 is 11.6 Å². The number of aliphatic hydroxyl groups excluding tert-OH is 1. The molecule has 1 fully saturated rings. The minimum absolute atomic E-state index is 0.159. The van der Waals surface area contributed by atoms with Gasteiger partial charge >= 0.3 is 6.61 Å². The number of ether oxygens (including phenoxy) is 1. The van der Waals surface area contributed by atoms with Crippen LogP contribution in [0.5, 0.6) is 5.75 Å². The Hall–Kier alpha value is -0.910. The Morgan fingerprint density at radius 3 is 2.95 bits per heavy atom. The Balaban J connectivity index is 2.08. The van der Waals surface area contributed by atoms with E-state index in [1.54, 1.807) is 6.07 Å². The standard InChI is InChI=1S/C14H18ClF2NO2/c15-12-3-4-13(20-14(16)17)11(6-12)8-18-5-1-2-10(7-18)9-19/h3-4,6,10,14,19H,1-2,5,7-9H2. The van der Waals surface area contributed by atoms with Gasteiger partial charge in [-0.05, 0) is 43.5 Å². The fraction of sp³-hybridized carbons (Fsp3) is 0.571. The van der Waals surface area contributed by atoms with E-state index in [1.165, 1.54) is 12.1 Å². The highest BCUT2D eigenvalue weighted by molar-refractivity contribution is 6.30. The molecule has 0 spiro atoms. The van der Waals surface area contributed by atoms with E-state index < -0.39 is 6.61 Å². The molecule has 1 saturated heterocycles. The molecule has 1 N–H and O–H groups in total. The predicted molar refractivity (Wildman–Crippen MR) is 73.2 cm³/mol. The maximum Gasteiger partial charge on any atom is 0.387 e. The zero-order valence-electron chi connectivity index (χ0n) is 11.1. The lowest BCUT2D eigenvalue weighted by molar-refractivity contribution is -0.0508. The van der Waals surface area contributed by atoms with Gasteiger partial charge in [-0.2, -0.15) is 8.78 Å². The van der Waals surface area contributed by atoms with E-state index >= 15 is 0 Å². The second-order valence-electron chi connectivity index (χ2n) is 5.06. The number of hydrogen-bond acceptors (Lipinski definition) is 3. The summed E-state index contributed by atoms with van der Waals surface area (Å²) in [5.74, 6) is 0.415. The van der Waals surface area contributed by atoms with Crippen LogP contribution in [0, 0.1) is 5.92 Å². The average Bonchev–Trinajstić information content (AvgIpc) is 2.42. The highest BCUT2D eigenvalue weighted by atomic mass is 35.5. The van der Waals surface area contributed by atoms with Crippen LogP contribution in [0.4, 0.5) is 8.78 Å².